The highest BCUT2D eigenvalue weighted by Gasteiger charge is 2.18. The molecule has 1 heterocycles. The summed E-state index contributed by atoms with van der Waals surface area (Å²) in [5.74, 6) is -1.12. The van der Waals surface area contributed by atoms with Gasteiger partial charge >= 0.3 is 5.97 Å². The topological polar surface area (TPSA) is 114 Å². The summed E-state index contributed by atoms with van der Waals surface area (Å²) < 4.78 is 11.5. The van der Waals surface area contributed by atoms with Crippen molar-refractivity contribution in [2.45, 2.75) is 0 Å². The van der Waals surface area contributed by atoms with E-state index in [9.17, 15) is 19.5 Å². The molecular weight excluding hydrogens is 492 g/mol. The third kappa shape index (κ3) is 5.39. The van der Waals surface area contributed by atoms with Gasteiger partial charge in [0.25, 0.3) is 11.8 Å². The second-order valence-corrected chi connectivity index (χ2v) is 7.89. The van der Waals surface area contributed by atoms with Crippen LogP contribution in [0.5, 0.6) is 11.5 Å². The van der Waals surface area contributed by atoms with Gasteiger partial charge in [0.1, 0.15) is 5.70 Å². The SMILES string of the molecule is O=C(Nc1cccc(C(=O)O)c1)C(=Cc1ccc2c(c1)OCO2)NC(=O)c1ccc(Br)cc1. The molecule has 0 spiro atoms. The van der Waals surface area contributed by atoms with E-state index < -0.39 is 17.8 Å². The molecule has 0 aromatic heterocycles. The Balaban J connectivity index is 1.63. The zero-order valence-corrected chi connectivity index (χ0v) is 18.6. The molecule has 0 fully saturated rings. The van der Waals surface area contributed by atoms with Gasteiger partial charge in [-0.2, -0.15) is 0 Å². The highest BCUT2D eigenvalue weighted by molar-refractivity contribution is 9.10. The number of hydrogen-bond acceptors (Lipinski definition) is 5. The number of aromatic carboxylic acids is 1. The molecule has 2 amide bonds. The first-order chi connectivity index (χ1) is 15.9. The number of hydrogen-bond donors (Lipinski definition) is 3. The monoisotopic (exact) mass is 508 g/mol. The van der Waals surface area contributed by atoms with Crippen molar-refractivity contribution in [3.05, 3.63) is 93.6 Å². The molecule has 166 valence electrons. The van der Waals surface area contributed by atoms with Gasteiger partial charge in [0.15, 0.2) is 11.5 Å². The molecule has 4 rings (SSSR count). The maximum absolute atomic E-state index is 13.0. The molecule has 0 unspecified atom stereocenters. The molecule has 3 N–H and O–H groups in total. The van der Waals surface area contributed by atoms with Crippen molar-refractivity contribution in [3.63, 3.8) is 0 Å². The Hall–Kier alpha value is -4.11. The van der Waals surface area contributed by atoms with Gasteiger partial charge in [-0.05, 0) is 66.2 Å². The summed E-state index contributed by atoms with van der Waals surface area (Å²) in [6, 6.07) is 17.6. The number of nitrogens with one attached hydrogen (secondary N) is 2. The van der Waals surface area contributed by atoms with Crippen molar-refractivity contribution in [2.24, 2.45) is 0 Å². The number of halogens is 1. The van der Waals surface area contributed by atoms with Crippen LogP contribution in [0.1, 0.15) is 26.3 Å². The largest absolute Gasteiger partial charge is 0.478 e. The van der Waals surface area contributed by atoms with Crippen LogP contribution in [-0.4, -0.2) is 29.7 Å². The van der Waals surface area contributed by atoms with E-state index >= 15 is 0 Å². The summed E-state index contributed by atoms with van der Waals surface area (Å²) in [7, 11) is 0. The molecule has 0 atom stereocenters. The first-order valence-corrected chi connectivity index (χ1v) is 10.5. The molecule has 33 heavy (non-hydrogen) atoms. The van der Waals surface area contributed by atoms with Gasteiger partial charge in [0, 0.05) is 15.7 Å². The Labute approximate surface area is 197 Å². The number of ether oxygens (including phenoxy) is 2. The van der Waals surface area contributed by atoms with Gasteiger partial charge in [0.05, 0.1) is 5.56 Å². The van der Waals surface area contributed by atoms with E-state index in [1.54, 1.807) is 48.5 Å². The van der Waals surface area contributed by atoms with Gasteiger partial charge in [-0.25, -0.2) is 4.79 Å². The number of anilines is 1. The van der Waals surface area contributed by atoms with Crippen molar-refractivity contribution in [1.29, 1.82) is 0 Å². The number of carboxylic acids is 1. The summed E-state index contributed by atoms with van der Waals surface area (Å²) >= 11 is 3.32. The van der Waals surface area contributed by atoms with Crippen LogP contribution in [0.15, 0.2) is 76.9 Å². The zero-order valence-electron chi connectivity index (χ0n) is 17.0. The zero-order chi connectivity index (χ0) is 23.4. The van der Waals surface area contributed by atoms with Crippen LogP contribution in [0, 0.1) is 0 Å². The maximum Gasteiger partial charge on any atom is 0.335 e. The van der Waals surface area contributed by atoms with E-state index in [0.717, 1.165) is 4.47 Å². The van der Waals surface area contributed by atoms with E-state index in [0.29, 0.717) is 22.6 Å². The second kappa shape index (κ2) is 9.58. The smallest absolute Gasteiger partial charge is 0.335 e. The van der Waals surface area contributed by atoms with E-state index in [-0.39, 0.29) is 23.7 Å². The first-order valence-electron chi connectivity index (χ1n) is 9.72. The first kappa shape index (κ1) is 22.1. The Kier molecular flexibility index (Phi) is 6.41. The molecule has 3 aromatic carbocycles. The lowest BCUT2D eigenvalue weighted by atomic mass is 10.1. The fourth-order valence-corrected chi connectivity index (χ4v) is 3.32. The second-order valence-electron chi connectivity index (χ2n) is 6.97. The molecule has 0 radical (unpaired) electrons. The standard InChI is InChI=1S/C24H17BrN2O6/c25-17-7-5-15(6-8-17)22(28)27-19(10-14-4-9-20-21(11-14)33-13-32-20)23(29)26-18-3-1-2-16(12-18)24(30)31/h1-12H,13H2,(H,26,29)(H,27,28)(H,30,31). The number of fused-ring (bicyclic) bond motifs is 1. The van der Waals surface area contributed by atoms with Crippen LogP contribution in [-0.2, 0) is 4.79 Å². The van der Waals surface area contributed by atoms with Gasteiger partial charge in [-0.15, -0.1) is 0 Å². The lowest BCUT2D eigenvalue weighted by Gasteiger charge is -2.12. The summed E-state index contributed by atoms with van der Waals surface area (Å²) in [4.78, 5) is 37.0. The minimum absolute atomic E-state index is 0.0213. The molecule has 0 saturated carbocycles. The number of carboxylic acid groups (broad SMARTS) is 1. The van der Waals surface area contributed by atoms with Crippen molar-refractivity contribution in [2.75, 3.05) is 12.1 Å². The van der Waals surface area contributed by atoms with Crippen LogP contribution in [0.3, 0.4) is 0 Å². The fraction of sp³-hybridized carbons (Fsp3) is 0.0417. The number of carbonyl (C=O) groups excluding carboxylic acids is 2. The van der Waals surface area contributed by atoms with Crippen molar-refractivity contribution in [3.8, 4) is 11.5 Å². The summed E-state index contributed by atoms with van der Waals surface area (Å²) in [5.41, 5.74) is 1.21. The molecular formula is C24H17BrN2O6. The number of amides is 2. The molecule has 8 nitrogen and oxygen atoms in total. The highest BCUT2D eigenvalue weighted by atomic mass is 79.9. The van der Waals surface area contributed by atoms with Gasteiger partial charge in [-0.3, -0.25) is 9.59 Å². The van der Waals surface area contributed by atoms with E-state index in [2.05, 4.69) is 26.6 Å². The van der Waals surface area contributed by atoms with Crippen LogP contribution in [0.4, 0.5) is 5.69 Å². The Morgan fingerprint density at radius 2 is 1.67 bits per heavy atom. The quantitative estimate of drug-likeness (QED) is 0.428. The van der Waals surface area contributed by atoms with Gasteiger partial charge in [0.2, 0.25) is 6.79 Å². The predicted molar refractivity (Wildman–Crippen MR) is 124 cm³/mol. The fourth-order valence-electron chi connectivity index (χ4n) is 3.05. The van der Waals surface area contributed by atoms with E-state index in [4.69, 9.17) is 9.47 Å². The summed E-state index contributed by atoms with van der Waals surface area (Å²) in [5, 5.41) is 14.4. The normalized spacial score (nSPS) is 12.2. The minimum Gasteiger partial charge on any atom is -0.478 e. The average Bonchev–Trinajstić information content (AvgIpc) is 3.27. The molecule has 9 heteroatoms. The molecule has 1 aliphatic rings. The minimum atomic E-state index is -1.12. The highest BCUT2D eigenvalue weighted by Crippen LogP contribution is 2.33. The van der Waals surface area contributed by atoms with Gasteiger partial charge in [-0.1, -0.05) is 28.1 Å². The molecule has 0 bridgehead atoms. The number of carbonyl (C=O) groups is 3. The van der Waals surface area contributed by atoms with Crippen LogP contribution < -0.4 is 20.1 Å². The molecule has 0 aliphatic carbocycles. The number of benzene rings is 3. The van der Waals surface area contributed by atoms with Crippen LogP contribution in [0.2, 0.25) is 0 Å². The predicted octanol–water partition coefficient (Wildman–Crippen LogP) is 4.29. The summed E-state index contributed by atoms with van der Waals surface area (Å²) in [6.07, 6.45) is 1.50. The maximum atomic E-state index is 13.0. The van der Waals surface area contributed by atoms with Crippen molar-refractivity contribution < 1.29 is 29.0 Å². The van der Waals surface area contributed by atoms with Gasteiger partial charge < -0.3 is 25.2 Å². The lowest BCUT2D eigenvalue weighted by molar-refractivity contribution is -0.113. The van der Waals surface area contributed by atoms with Crippen molar-refractivity contribution in [1.82, 2.24) is 5.32 Å². The molecule has 1 aliphatic heterocycles. The third-order valence-corrected chi connectivity index (χ3v) is 5.20. The third-order valence-electron chi connectivity index (χ3n) is 4.67. The van der Waals surface area contributed by atoms with Crippen molar-refractivity contribution >= 4 is 45.5 Å². The summed E-state index contributed by atoms with van der Waals surface area (Å²) in [6.45, 7) is 0.107. The lowest BCUT2D eigenvalue weighted by Crippen LogP contribution is -2.30. The Morgan fingerprint density at radius 3 is 2.42 bits per heavy atom. The van der Waals surface area contributed by atoms with Crippen LogP contribution >= 0.6 is 15.9 Å². The number of rotatable bonds is 6. The Bertz CT molecular complexity index is 1270. The molecule has 0 saturated heterocycles. The Morgan fingerprint density at radius 1 is 0.909 bits per heavy atom. The van der Waals surface area contributed by atoms with E-state index in [1.165, 1.54) is 24.3 Å². The molecule has 3 aromatic rings. The van der Waals surface area contributed by atoms with E-state index in [1.807, 2.05) is 0 Å². The van der Waals surface area contributed by atoms with Crippen LogP contribution in [0.25, 0.3) is 6.08 Å². The average molecular weight is 509 g/mol.